The Morgan fingerprint density at radius 3 is 2.14 bits per heavy atom. The van der Waals surface area contributed by atoms with E-state index in [9.17, 15) is 9.90 Å². The fraction of sp³-hybridized carbons (Fsp3) is 0.429. The Bertz CT molecular complexity index is 312. The summed E-state index contributed by atoms with van der Waals surface area (Å²) in [6, 6.07) is 0.583. The average Bonchev–Trinajstić information content (AvgIpc) is 2.31. The van der Waals surface area contributed by atoms with Gasteiger partial charge in [-0.15, -0.1) is 0 Å². The number of halogens is 2. The van der Waals surface area contributed by atoms with Crippen molar-refractivity contribution in [3.05, 3.63) is 15.1 Å². The lowest BCUT2D eigenvalue weighted by molar-refractivity contribution is -0.407. The normalized spacial score (nSPS) is 9.57. The maximum absolute atomic E-state index is 10.2. The molecule has 0 unspecified atom stereocenters. The second-order valence-electron chi connectivity index (χ2n) is 2.80. The predicted molar refractivity (Wildman–Crippen MR) is 54.5 cm³/mol. The van der Waals surface area contributed by atoms with E-state index in [2.05, 4.69) is 24.0 Å². The predicted octanol–water partition coefficient (Wildman–Crippen LogP) is 0.450. The Kier molecular flexibility index (Phi) is 6.03. The first-order chi connectivity index (χ1) is 6.36. The maximum Gasteiger partial charge on any atom is 0.162 e. The first-order valence-electron chi connectivity index (χ1n) is 3.71. The number of nitrogens with zero attached hydrogens (tertiary/aromatic N) is 1. The minimum atomic E-state index is -1.35. The monoisotopic (exact) mass is 256 g/mol. The molecule has 3 N–H and O–H groups in total. The van der Waals surface area contributed by atoms with Crippen LogP contribution in [0, 0.1) is 0 Å². The van der Waals surface area contributed by atoms with Crippen LogP contribution < -0.4 is 10.8 Å². The van der Waals surface area contributed by atoms with E-state index in [0.717, 1.165) is 0 Å². The summed E-state index contributed by atoms with van der Waals surface area (Å²) in [5.41, 5.74) is 3.64. The number of hydrogen-bond donors (Lipinski definition) is 1. The molecule has 1 aromatic rings. The van der Waals surface area contributed by atoms with Gasteiger partial charge >= 0.3 is 0 Å². The van der Waals surface area contributed by atoms with Crippen LogP contribution in [0.3, 0.4) is 0 Å². The smallest absolute Gasteiger partial charge is 0.162 e. The van der Waals surface area contributed by atoms with E-state index in [4.69, 9.17) is 23.2 Å². The number of aromatic carboxylic acids is 1. The van der Waals surface area contributed by atoms with Gasteiger partial charge in [0.2, 0.25) is 0 Å². The lowest BCUT2D eigenvalue weighted by Crippen LogP contribution is -2.57. The zero-order valence-corrected chi connectivity index (χ0v) is 10.0. The SMILES string of the molecule is CC(C)[NH3+].O=C([O-])c1snc(Cl)c1Cl. The van der Waals surface area contributed by atoms with Crippen molar-refractivity contribution in [1.29, 1.82) is 0 Å². The molecule has 0 radical (unpaired) electrons. The van der Waals surface area contributed by atoms with E-state index in [0.29, 0.717) is 17.6 Å². The summed E-state index contributed by atoms with van der Waals surface area (Å²) in [6.07, 6.45) is 0. The fourth-order valence-electron chi connectivity index (χ4n) is 0.386. The number of hydrogen-bond acceptors (Lipinski definition) is 4. The lowest BCUT2D eigenvalue weighted by Gasteiger charge is -1.94. The van der Waals surface area contributed by atoms with E-state index in [1.54, 1.807) is 0 Å². The molecule has 0 spiro atoms. The Morgan fingerprint density at radius 1 is 1.57 bits per heavy atom. The van der Waals surface area contributed by atoms with Crippen LogP contribution in [0.5, 0.6) is 0 Å². The summed E-state index contributed by atoms with van der Waals surface area (Å²) in [7, 11) is 0. The summed E-state index contributed by atoms with van der Waals surface area (Å²) in [5.74, 6) is -1.35. The first-order valence-corrected chi connectivity index (χ1v) is 5.24. The molecule has 1 aromatic heterocycles. The van der Waals surface area contributed by atoms with E-state index < -0.39 is 5.97 Å². The van der Waals surface area contributed by atoms with Crippen molar-refractivity contribution in [3.8, 4) is 0 Å². The highest BCUT2D eigenvalue weighted by atomic mass is 35.5. The number of carbonyl (C=O) groups is 1. The van der Waals surface area contributed by atoms with Crippen LogP contribution in [0.4, 0.5) is 0 Å². The van der Waals surface area contributed by atoms with Crippen molar-refractivity contribution < 1.29 is 15.6 Å². The Morgan fingerprint density at radius 2 is 2.00 bits per heavy atom. The number of quaternary nitrogens is 1. The molecular formula is C7H10Cl2N2O2S. The molecule has 0 aromatic carbocycles. The van der Waals surface area contributed by atoms with Gasteiger partial charge in [-0.05, 0) is 25.4 Å². The molecule has 0 amide bonds. The van der Waals surface area contributed by atoms with E-state index in [1.807, 2.05) is 0 Å². The van der Waals surface area contributed by atoms with Gasteiger partial charge in [0.25, 0.3) is 0 Å². The van der Waals surface area contributed by atoms with Crippen molar-refractivity contribution in [3.63, 3.8) is 0 Å². The second kappa shape index (κ2) is 6.19. The fourth-order valence-corrected chi connectivity index (χ4v) is 1.43. The molecule has 0 saturated carbocycles. The van der Waals surface area contributed by atoms with Crippen LogP contribution in [-0.4, -0.2) is 16.4 Å². The van der Waals surface area contributed by atoms with Gasteiger partial charge in [-0.1, -0.05) is 23.2 Å². The van der Waals surface area contributed by atoms with Crippen LogP contribution >= 0.6 is 34.7 Å². The first kappa shape index (κ1) is 13.6. The topological polar surface area (TPSA) is 80.7 Å². The van der Waals surface area contributed by atoms with Gasteiger partial charge in [0.1, 0.15) is 0 Å². The van der Waals surface area contributed by atoms with Crippen LogP contribution in [0.2, 0.25) is 10.2 Å². The van der Waals surface area contributed by atoms with E-state index >= 15 is 0 Å². The molecule has 0 saturated heterocycles. The van der Waals surface area contributed by atoms with Crippen molar-refractivity contribution in [1.82, 2.24) is 4.37 Å². The van der Waals surface area contributed by atoms with Crippen molar-refractivity contribution >= 4 is 40.7 Å². The molecule has 0 atom stereocenters. The highest BCUT2D eigenvalue weighted by Crippen LogP contribution is 2.27. The molecule has 0 aliphatic heterocycles. The van der Waals surface area contributed by atoms with Gasteiger partial charge in [-0.3, -0.25) is 0 Å². The van der Waals surface area contributed by atoms with Gasteiger partial charge in [-0.25, -0.2) is 0 Å². The summed E-state index contributed by atoms with van der Waals surface area (Å²) in [5, 5.41) is 10.1. The summed E-state index contributed by atoms with van der Waals surface area (Å²) in [4.78, 5) is 10.0. The molecule has 0 aliphatic carbocycles. The maximum atomic E-state index is 10.2. The van der Waals surface area contributed by atoms with Crippen molar-refractivity contribution in [2.45, 2.75) is 19.9 Å². The highest BCUT2D eigenvalue weighted by molar-refractivity contribution is 7.09. The average molecular weight is 257 g/mol. The molecular weight excluding hydrogens is 247 g/mol. The van der Waals surface area contributed by atoms with Gasteiger partial charge in [0.15, 0.2) is 5.15 Å². The quantitative estimate of drug-likeness (QED) is 0.793. The molecule has 7 heteroatoms. The molecule has 0 aliphatic rings. The number of carboxylic acids is 1. The van der Waals surface area contributed by atoms with Gasteiger partial charge < -0.3 is 15.6 Å². The van der Waals surface area contributed by atoms with E-state index in [-0.39, 0.29) is 15.1 Å². The molecule has 80 valence electrons. The highest BCUT2D eigenvalue weighted by Gasteiger charge is 2.09. The van der Waals surface area contributed by atoms with Gasteiger partial charge in [0, 0.05) is 0 Å². The molecule has 4 nitrogen and oxygen atoms in total. The summed E-state index contributed by atoms with van der Waals surface area (Å²) < 4.78 is 3.49. The number of carboxylic acid groups (broad SMARTS) is 1. The largest absolute Gasteiger partial charge is 0.544 e. The minimum Gasteiger partial charge on any atom is -0.544 e. The third-order valence-electron chi connectivity index (χ3n) is 0.783. The molecule has 1 heterocycles. The third kappa shape index (κ3) is 4.76. The number of carbonyl (C=O) groups excluding carboxylic acids is 1. The number of aromatic nitrogens is 1. The molecule has 1 rings (SSSR count). The van der Waals surface area contributed by atoms with Crippen LogP contribution in [-0.2, 0) is 0 Å². The standard InChI is InChI=1S/C4HCl2NO2S.C3H9N/c5-1-2(4(8)9)10-7-3(1)6;1-3(2)4/h(H,8,9);3H,4H2,1-2H3. The van der Waals surface area contributed by atoms with Crippen LogP contribution in [0.15, 0.2) is 0 Å². The minimum absolute atomic E-state index is 0.00543. The molecule has 14 heavy (non-hydrogen) atoms. The van der Waals surface area contributed by atoms with Gasteiger partial charge in [-0.2, -0.15) is 4.37 Å². The Labute approximate surface area is 95.8 Å². The van der Waals surface area contributed by atoms with Gasteiger partial charge in [0.05, 0.1) is 21.9 Å². The Hall–Kier alpha value is -0.360. The van der Waals surface area contributed by atoms with Crippen LogP contribution in [0.25, 0.3) is 0 Å². The zero-order chi connectivity index (χ0) is 11.3. The van der Waals surface area contributed by atoms with Crippen molar-refractivity contribution in [2.24, 2.45) is 0 Å². The van der Waals surface area contributed by atoms with Crippen molar-refractivity contribution in [2.75, 3.05) is 0 Å². The summed E-state index contributed by atoms with van der Waals surface area (Å²) >= 11 is 11.5. The molecule has 0 bridgehead atoms. The summed E-state index contributed by atoms with van der Waals surface area (Å²) in [6.45, 7) is 4.11. The van der Waals surface area contributed by atoms with Crippen LogP contribution in [0.1, 0.15) is 23.5 Å². The third-order valence-corrected chi connectivity index (χ3v) is 2.56. The second-order valence-corrected chi connectivity index (χ2v) is 4.31. The Balaban J connectivity index is 0.000000364. The molecule has 0 fully saturated rings. The zero-order valence-electron chi connectivity index (χ0n) is 7.71. The van der Waals surface area contributed by atoms with E-state index in [1.165, 1.54) is 0 Å². The number of rotatable bonds is 1. The lowest BCUT2D eigenvalue weighted by atomic mass is 10.5.